The molecule has 0 spiro atoms. The predicted molar refractivity (Wildman–Crippen MR) is 60.8 cm³/mol. The van der Waals surface area contributed by atoms with Gasteiger partial charge in [-0.2, -0.15) is 0 Å². The van der Waals surface area contributed by atoms with Gasteiger partial charge < -0.3 is 15.5 Å². The second kappa shape index (κ2) is 4.44. The average molecular weight is 207 g/mol. The molecule has 82 valence electrons. The Hall–Kier alpha value is -1.36. The van der Waals surface area contributed by atoms with Gasteiger partial charge in [0.15, 0.2) is 5.82 Å². The molecule has 2 rings (SSSR count). The van der Waals surface area contributed by atoms with E-state index >= 15 is 0 Å². The standard InChI is InChI=1S/C10H17N5/c1-2-14-3-5-15(6-4-14)10-9(11)7-12-8-13-10/h7-8H,2-6,11H2,1H3. The third-order valence-electron chi connectivity index (χ3n) is 2.84. The van der Waals surface area contributed by atoms with Crippen LogP contribution in [0.2, 0.25) is 0 Å². The van der Waals surface area contributed by atoms with E-state index in [1.165, 1.54) is 0 Å². The maximum absolute atomic E-state index is 5.84. The van der Waals surface area contributed by atoms with Crippen LogP contribution < -0.4 is 10.6 Å². The Balaban J connectivity index is 2.04. The van der Waals surface area contributed by atoms with Crippen LogP contribution in [0.1, 0.15) is 6.92 Å². The van der Waals surface area contributed by atoms with Crippen LogP contribution in [0.3, 0.4) is 0 Å². The molecule has 0 bridgehead atoms. The van der Waals surface area contributed by atoms with Gasteiger partial charge in [0.1, 0.15) is 6.33 Å². The summed E-state index contributed by atoms with van der Waals surface area (Å²) in [4.78, 5) is 12.8. The number of piperazine rings is 1. The van der Waals surface area contributed by atoms with Crippen LogP contribution in [0, 0.1) is 0 Å². The lowest BCUT2D eigenvalue weighted by molar-refractivity contribution is 0.270. The SMILES string of the molecule is CCN1CCN(c2ncncc2N)CC1. The molecule has 1 aliphatic rings. The van der Waals surface area contributed by atoms with E-state index < -0.39 is 0 Å². The zero-order chi connectivity index (χ0) is 10.7. The summed E-state index contributed by atoms with van der Waals surface area (Å²) in [6, 6.07) is 0. The van der Waals surface area contributed by atoms with Crippen LogP contribution in [0.4, 0.5) is 11.5 Å². The monoisotopic (exact) mass is 207 g/mol. The van der Waals surface area contributed by atoms with Crippen LogP contribution in [0.5, 0.6) is 0 Å². The van der Waals surface area contributed by atoms with Gasteiger partial charge in [0.05, 0.1) is 11.9 Å². The summed E-state index contributed by atoms with van der Waals surface area (Å²) in [5.74, 6) is 0.876. The quantitative estimate of drug-likeness (QED) is 0.750. The first-order chi connectivity index (χ1) is 7.31. The Morgan fingerprint density at radius 1 is 1.33 bits per heavy atom. The Morgan fingerprint density at radius 3 is 2.67 bits per heavy atom. The fraction of sp³-hybridized carbons (Fsp3) is 0.600. The first-order valence-corrected chi connectivity index (χ1v) is 5.34. The van der Waals surface area contributed by atoms with E-state index in [9.17, 15) is 0 Å². The van der Waals surface area contributed by atoms with Crippen LogP contribution in [0.15, 0.2) is 12.5 Å². The molecule has 0 aromatic carbocycles. The van der Waals surface area contributed by atoms with Gasteiger partial charge in [0, 0.05) is 26.2 Å². The summed E-state index contributed by atoms with van der Waals surface area (Å²) in [7, 11) is 0. The van der Waals surface area contributed by atoms with E-state index in [1.54, 1.807) is 12.5 Å². The van der Waals surface area contributed by atoms with Gasteiger partial charge in [0.25, 0.3) is 0 Å². The van der Waals surface area contributed by atoms with Crippen LogP contribution >= 0.6 is 0 Å². The molecule has 5 nitrogen and oxygen atoms in total. The molecule has 0 amide bonds. The summed E-state index contributed by atoms with van der Waals surface area (Å²) in [5.41, 5.74) is 6.51. The Labute approximate surface area is 89.9 Å². The van der Waals surface area contributed by atoms with Crippen molar-refractivity contribution in [1.82, 2.24) is 14.9 Å². The molecule has 15 heavy (non-hydrogen) atoms. The minimum absolute atomic E-state index is 0.669. The van der Waals surface area contributed by atoms with Gasteiger partial charge >= 0.3 is 0 Å². The largest absolute Gasteiger partial charge is 0.394 e. The molecule has 2 N–H and O–H groups in total. The lowest BCUT2D eigenvalue weighted by atomic mass is 10.3. The summed E-state index contributed by atoms with van der Waals surface area (Å²) >= 11 is 0. The summed E-state index contributed by atoms with van der Waals surface area (Å²) in [6.07, 6.45) is 3.21. The lowest BCUT2D eigenvalue weighted by Gasteiger charge is -2.35. The highest BCUT2D eigenvalue weighted by Crippen LogP contribution is 2.19. The number of hydrogen-bond acceptors (Lipinski definition) is 5. The number of rotatable bonds is 2. The van der Waals surface area contributed by atoms with Crippen molar-refractivity contribution in [2.75, 3.05) is 43.4 Å². The minimum Gasteiger partial charge on any atom is -0.394 e. The van der Waals surface area contributed by atoms with E-state index in [-0.39, 0.29) is 0 Å². The fourth-order valence-corrected chi connectivity index (χ4v) is 1.87. The Bertz CT molecular complexity index is 319. The summed E-state index contributed by atoms with van der Waals surface area (Å²) in [6.45, 7) is 7.46. The number of aromatic nitrogens is 2. The van der Waals surface area contributed by atoms with Crippen molar-refractivity contribution in [2.45, 2.75) is 6.92 Å². The maximum Gasteiger partial charge on any atom is 0.155 e. The second-order valence-corrected chi connectivity index (χ2v) is 3.72. The van der Waals surface area contributed by atoms with Crippen molar-refractivity contribution in [1.29, 1.82) is 0 Å². The molecule has 1 aromatic heterocycles. The van der Waals surface area contributed by atoms with Gasteiger partial charge in [-0.1, -0.05) is 6.92 Å². The van der Waals surface area contributed by atoms with Crippen molar-refractivity contribution in [2.24, 2.45) is 0 Å². The highest BCUT2D eigenvalue weighted by Gasteiger charge is 2.18. The Morgan fingerprint density at radius 2 is 2.07 bits per heavy atom. The zero-order valence-electron chi connectivity index (χ0n) is 9.06. The van der Waals surface area contributed by atoms with Crippen LogP contribution in [-0.4, -0.2) is 47.6 Å². The van der Waals surface area contributed by atoms with E-state index in [4.69, 9.17) is 5.73 Å². The average Bonchev–Trinajstić information content (AvgIpc) is 2.30. The van der Waals surface area contributed by atoms with Gasteiger partial charge in [-0.3, -0.25) is 0 Å². The molecule has 0 atom stereocenters. The third-order valence-corrected chi connectivity index (χ3v) is 2.84. The molecular formula is C10H17N5. The predicted octanol–water partition coefficient (Wildman–Crippen LogP) is 0.201. The smallest absolute Gasteiger partial charge is 0.155 e. The number of nitrogens with two attached hydrogens (primary N) is 1. The number of hydrogen-bond donors (Lipinski definition) is 1. The summed E-state index contributed by atoms with van der Waals surface area (Å²) < 4.78 is 0. The number of anilines is 2. The molecule has 1 saturated heterocycles. The lowest BCUT2D eigenvalue weighted by Crippen LogP contribution is -2.46. The first kappa shape index (κ1) is 10.2. The van der Waals surface area contributed by atoms with Crippen molar-refractivity contribution in [3.63, 3.8) is 0 Å². The van der Waals surface area contributed by atoms with Crippen molar-refractivity contribution >= 4 is 11.5 Å². The molecule has 1 fully saturated rings. The first-order valence-electron chi connectivity index (χ1n) is 5.34. The molecule has 2 heterocycles. The molecular weight excluding hydrogens is 190 g/mol. The zero-order valence-corrected chi connectivity index (χ0v) is 9.06. The number of nitrogen functional groups attached to an aromatic ring is 1. The molecule has 1 aromatic rings. The van der Waals surface area contributed by atoms with Crippen molar-refractivity contribution in [3.05, 3.63) is 12.5 Å². The van der Waals surface area contributed by atoms with E-state index in [1.807, 2.05) is 0 Å². The van der Waals surface area contributed by atoms with Gasteiger partial charge in [-0.15, -0.1) is 0 Å². The topological polar surface area (TPSA) is 58.3 Å². The van der Waals surface area contributed by atoms with Crippen LogP contribution in [0.25, 0.3) is 0 Å². The van der Waals surface area contributed by atoms with E-state index in [0.29, 0.717) is 5.69 Å². The van der Waals surface area contributed by atoms with E-state index in [0.717, 1.165) is 38.5 Å². The second-order valence-electron chi connectivity index (χ2n) is 3.72. The highest BCUT2D eigenvalue weighted by atomic mass is 15.3. The molecule has 1 aliphatic heterocycles. The van der Waals surface area contributed by atoms with Crippen molar-refractivity contribution < 1.29 is 0 Å². The molecule has 0 aliphatic carbocycles. The third kappa shape index (κ3) is 2.18. The van der Waals surface area contributed by atoms with Gasteiger partial charge in [-0.25, -0.2) is 9.97 Å². The van der Waals surface area contributed by atoms with Gasteiger partial charge in [-0.05, 0) is 6.54 Å². The normalized spacial score (nSPS) is 18.1. The number of nitrogens with zero attached hydrogens (tertiary/aromatic N) is 4. The number of likely N-dealkylation sites (N-methyl/N-ethyl adjacent to an activating group) is 1. The molecule has 0 unspecified atom stereocenters. The fourth-order valence-electron chi connectivity index (χ4n) is 1.87. The Kier molecular flexibility index (Phi) is 3.01. The van der Waals surface area contributed by atoms with Crippen LogP contribution in [-0.2, 0) is 0 Å². The molecule has 0 saturated carbocycles. The summed E-state index contributed by atoms with van der Waals surface area (Å²) in [5, 5.41) is 0. The minimum atomic E-state index is 0.669. The molecule has 5 heteroatoms. The van der Waals surface area contributed by atoms with Gasteiger partial charge in [0.2, 0.25) is 0 Å². The maximum atomic E-state index is 5.84. The highest BCUT2D eigenvalue weighted by molar-refractivity contribution is 5.61. The van der Waals surface area contributed by atoms with E-state index in [2.05, 4.69) is 26.7 Å². The van der Waals surface area contributed by atoms with Crippen molar-refractivity contribution in [3.8, 4) is 0 Å². The molecule has 0 radical (unpaired) electrons.